The summed E-state index contributed by atoms with van der Waals surface area (Å²) >= 11 is 7.30. The Morgan fingerprint density at radius 1 is 1.07 bits per heavy atom. The van der Waals surface area contributed by atoms with Crippen molar-refractivity contribution in [3.05, 3.63) is 40.2 Å². The number of thiophene rings is 1. The first-order valence-electron chi connectivity index (χ1n) is 9.41. The zero-order valence-corrected chi connectivity index (χ0v) is 17.4. The lowest BCUT2D eigenvalue weighted by atomic mass is 10.0. The van der Waals surface area contributed by atoms with E-state index in [1.165, 1.54) is 24.2 Å². The van der Waals surface area contributed by atoms with Gasteiger partial charge in [0.05, 0.1) is 6.61 Å². The van der Waals surface area contributed by atoms with Crippen LogP contribution in [0.25, 0.3) is 11.1 Å². The zero-order valence-electron chi connectivity index (χ0n) is 15.8. The maximum atomic E-state index is 12.5. The van der Waals surface area contributed by atoms with E-state index < -0.39 is 5.97 Å². The molecule has 0 saturated carbocycles. The minimum atomic E-state index is -0.429. The Labute approximate surface area is 169 Å². The highest BCUT2D eigenvalue weighted by Gasteiger charge is 2.22. The highest BCUT2D eigenvalue weighted by atomic mass is 35.5. The highest BCUT2D eigenvalue weighted by Crippen LogP contribution is 2.36. The van der Waals surface area contributed by atoms with Crippen molar-refractivity contribution in [1.82, 2.24) is 0 Å². The first kappa shape index (κ1) is 21.5. The van der Waals surface area contributed by atoms with Gasteiger partial charge >= 0.3 is 5.97 Å². The summed E-state index contributed by atoms with van der Waals surface area (Å²) in [5.74, 6) is -0.497. The third kappa shape index (κ3) is 6.36. The van der Waals surface area contributed by atoms with Gasteiger partial charge in [0, 0.05) is 22.4 Å². The molecular formula is C21H26ClNO3S. The molecule has 1 aromatic carbocycles. The molecule has 146 valence electrons. The first-order valence-corrected chi connectivity index (χ1v) is 10.7. The third-order valence-electron chi connectivity index (χ3n) is 4.19. The molecule has 0 atom stereocenters. The average Bonchev–Trinajstić information content (AvgIpc) is 3.06. The SMILES string of the molecule is CCCCCCCC(=O)Nc1scc(-c2ccc(Cl)cc2)c1C(=O)OCC. The van der Waals surface area contributed by atoms with E-state index in [0.717, 1.165) is 30.4 Å². The number of benzene rings is 1. The van der Waals surface area contributed by atoms with Crippen LogP contribution in [-0.2, 0) is 9.53 Å². The number of hydrogen-bond acceptors (Lipinski definition) is 4. The molecule has 0 aliphatic heterocycles. The Morgan fingerprint density at radius 2 is 1.78 bits per heavy atom. The van der Waals surface area contributed by atoms with Crippen molar-refractivity contribution in [3.8, 4) is 11.1 Å². The fraction of sp³-hybridized carbons (Fsp3) is 0.429. The van der Waals surface area contributed by atoms with Crippen molar-refractivity contribution in [2.24, 2.45) is 0 Å². The molecule has 1 amide bonds. The second kappa shape index (κ2) is 11.1. The van der Waals surface area contributed by atoms with E-state index in [0.29, 0.717) is 22.0 Å². The Morgan fingerprint density at radius 3 is 2.44 bits per heavy atom. The van der Waals surface area contributed by atoms with Crippen molar-refractivity contribution in [2.75, 3.05) is 11.9 Å². The summed E-state index contributed by atoms with van der Waals surface area (Å²) < 4.78 is 5.21. The van der Waals surface area contributed by atoms with Crippen LogP contribution in [0.1, 0.15) is 62.7 Å². The standard InChI is InChI=1S/C21H26ClNO3S/c1-3-5-6-7-8-9-18(24)23-20-19(21(25)26-4-2)17(14-27-20)15-10-12-16(22)13-11-15/h10-14H,3-9H2,1-2H3,(H,23,24). The Hall–Kier alpha value is -1.85. The third-order valence-corrected chi connectivity index (χ3v) is 5.33. The summed E-state index contributed by atoms with van der Waals surface area (Å²) in [7, 11) is 0. The summed E-state index contributed by atoms with van der Waals surface area (Å²) in [6, 6.07) is 7.26. The molecule has 0 unspecified atom stereocenters. The quantitative estimate of drug-likeness (QED) is 0.359. The summed E-state index contributed by atoms with van der Waals surface area (Å²) in [4.78, 5) is 24.8. The number of rotatable bonds is 10. The van der Waals surface area contributed by atoms with Crippen LogP contribution < -0.4 is 5.32 Å². The molecule has 2 rings (SSSR count). The molecule has 0 bridgehead atoms. The van der Waals surface area contributed by atoms with Gasteiger partial charge < -0.3 is 10.1 Å². The molecule has 4 nitrogen and oxygen atoms in total. The zero-order chi connectivity index (χ0) is 19.6. The number of nitrogens with one attached hydrogen (secondary N) is 1. The normalized spacial score (nSPS) is 10.6. The fourth-order valence-corrected chi connectivity index (χ4v) is 3.88. The van der Waals surface area contributed by atoms with Gasteiger partial charge in [0.2, 0.25) is 5.91 Å². The minimum Gasteiger partial charge on any atom is -0.462 e. The molecular weight excluding hydrogens is 382 g/mol. The minimum absolute atomic E-state index is 0.0680. The molecule has 0 aliphatic rings. The van der Waals surface area contributed by atoms with Crippen molar-refractivity contribution in [1.29, 1.82) is 0 Å². The second-order valence-corrected chi connectivity index (χ2v) is 7.61. The average molecular weight is 408 g/mol. The van der Waals surface area contributed by atoms with E-state index in [-0.39, 0.29) is 12.5 Å². The number of hydrogen-bond donors (Lipinski definition) is 1. The summed E-state index contributed by atoms with van der Waals surface area (Å²) in [5, 5.41) is 5.93. The second-order valence-electron chi connectivity index (χ2n) is 6.29. The van der Waals surface area contributed by atoms with Gasteiger partial charge in [-0.25, -0.2) is 4.79 Å². The monoisotopic (exact) mass is 407 g/mol. The Balaban J connectivity index is 2.14. The number of halogens is 1. The summed E-state index contributed by atoms with van der Waals surface area (Å²) in [6.45, 7) is 4.21. The van der Waals surface area contributed by atoms with Gasteiger partial charge in [-0.3, -0.25) is 4.79 Å². The van der Waals surface area contributed by atoms with Gasteiger partial charge in [-0.05, 0) is 31.0 Å². The van der Waals surface area contributed by atoms with Gasteiger partial charge in [0.15, 0.2) is 0 Å². The van der Waals surface area contributed by atoms with Crippen LogP contribution in [0.2, 0.25) is 5.02 Å². The fourth-order valence-electron chi connectivity index (χ4n) is 2.78. The van der Waals surface area contributed by atoms with Crippen LogP contribution in [0.3, 0.4) is 0 Å². The van der Waals surface area contributed by atoms with Crippen LogP contribution >= 0.6 is 22.9 Å². The van der Waals surface area contributed by atoms with Gasteiger partial charge in [0.25, 0.3) is 0 Å². The van der Waals surface area contributed by atoms with Gasteiger partial charge in [-0.15, -0.1) is 11.3 Å². The number of ether oxygens (including phenoxy) is 1. The van der Waals surface area contributed by atoms with E-state index >= 15 is 0 Å². The number of esters is 1. The van der Waals surface area contributed by atoms with Crippen LogP contribution in [-0.4, -0.2) is 18.5 Å². The predicted octanol–water partition coefficient (Wildman–Crippen LogP) is 6.54. The maximum Gasteiger partial charge on any atom is 0.341 e. The van der Waals surface area contributed by atoms with Crippen LogP contribution in [0.15, 0.2) is 29.6 Å². The number of anilines is 1. The summed E-state index contributed by atoms with van der Waals surface area (Å²) in [5.41, 5.74) is 2.01. The first-order chi connectivity index (χ1) is 13.1. The van der Waals surface area contributed by atoms with Crippen LogP contribution in [0.5, 0.6) is 0 Å². The molecule has 1 aromatic heterocycles. The highest BCUT2D eigenvalue weighted by molar-refractivity contribution is 7.15. The van der Waals surface area contributed by atoms with Crippen molar-refractivity contribution < 1.29 is 14.3 Å². The van der Waals surface area contributed by atoms with Gasteiger partial charge in [0.1, 0.15) is 10.6 Å². The molecule has 2 aromatic rings. The van der Waals surface area contributed by atoms with Crippen LogP contribution in [0, 0.1) is 0 Å². The topological polar surface area (TPSA) is 55.4 Å². The van der Waals surface area contributed by atoms with E-state index in [9.17, 15) is 9.59 Å². The van der Waals surface area contributed by atoms with Crippen molar-refractivity contribution in [3.63, 3.8) is 0 Å². The molecule has 0 radical (unpaired) electrons. The lowest BCUT2D eigenvalue weighted by Gasteiger charge is -2.09. The smallest absolute Gasteiger partial charge is 0.341 e. The molecule has 27 heavy (non-hydrogen) atoms. The van der Waals surface area contributed by atoms with Gasteiger partial charge in [-0.1, -0.05) is 56.3 Å². The van der Waals surface area contributed by atoms with Crippen LogP contribution in [0.4, 0.5) is 5.00 Å². The van der Waals surface area contributed by atoms with E-state index in [1.54, 1.807) is 19.1 Å². The maximum absolute atomic E-state index is 12.5. The number of unbranched alkanes of at least 4 members (excludes halogenated alkanes) is 4. The lowest BCUT2D eigenvalue weighted by molar-refractivity contribution is -0.116. The molecule has 6 heteroatoms. The largest absolute Gasteiger partial charge is 0.462 e. The van der Waals surface area contributed by atoms with Gasteiger partial charge in [-0.2, -0.15) is 0 Å². The number of carbonyl (C=O) groups excluding carboxylic acids is 2. The molecule has 1 N–H and O–H groups in total. The van der Waals surface area contributed by atoms with E-state index in [2.05, 4.69) is 12.2 Å². The summed E-state index contributed by atoms with van der Waals surface area (Å²) in [6.07, 6.45) is 5.89. The molecule has 0 saturated heterocycles. The van der Waals surface area contributed by atoms with Crippen molar-refractivity contribution >= 4 is 39.8 Å². The molecule has 0 spiro atoms. The molecule has 1 heterocycles. The molecule has 0 aliphatic carbocycles. The Bertz CT molecular complexity index is 755. The van der Waals surface area contributed by atoms with E-state index in [4.69, 9.17) is 16.3 Å². The predicted molar refractivity (Wildman–Crippen MR) is 113 cm³/mol. The molecule has 0 fully saturated rings. The van der Waals surface area contributed by atoms with E-state index in [1.807, 2.05) is 17.5 Å². The number of carbonyl (C=O) groups is 2. The number of amides is 1. The van der Waals surface area contributed by atoms with Crippen molar-refractivity contribution in [2.45, 2.75) is 52.4 Å². The lowest BCUT2D eigenvalue weighted by Crippen LogP contribution is -2.14. The Kier molecular flexibility index (Phi) is 8.82.